The van der Waals surface area contributed by atoms with Crippen molar-refractivity contribution in [1.82, 2.24) is 0 Å². The molecule has 6 heteroatoms. The minimum absolute atomic E-state index is 0.0131. The zero-order valence-corrected chi connectivity index (χ0v) is 17.8. The molecule has 0 aromatic heterocycles. The molecule has 0 amide bonds. The quantitative estimate of drug-likeness (QED) is 0.299. The van der Waals surface area contributed by atoms with Gasteiger partial charge in [0.05, 0.1) is 19.3 Å². The fraction of sp³-hybridized carbons (Fsp3) is 0.292. The minimum Gasteiger partial charge on any atom is -0.493 e. The van der Waals surface area contributed by atoms with Crippen LogP contribution in [-0.2, 0) is 14.9 Å². The van der Waals surface area contributed by atoms with Gasteiger partial charge in [-0.15, -0.1) is 0 Å². The lowest BCUT2D eigenvalue weighted by Crippen LogP contribution is -2.13. The summed E-state index contributed by atoms with van der Waals surface area (Å²) in [5.41, 5.74) is 1.92. The van der Waals surface area contributed by atoms with E-state index in [1.165, 1.54) is 13.2 Å². The maximum atomic E-state index is 12.5. The number of rotatable bonds is 6. The number of hydrogen-bond acceptors (Lipinski definition) is 6. The molecule has 0 saturated carbocycles. The first-order valence-electron chi connectivity index (χ1n) is 9.49. The Bertz CT molecular complexity index is 992. The summed E-state index contributed by atoms with van der Waals surface area (Å²) in [6.45, 7) is 8.13. The number of methoxy groups -OCH3 is 1. The summed E-state index contributed by atoms with van der Waals surface area (Å²) in [4.78, 5) is 24.3. The SMILES string of the molecule is CCOC(=O)C(C#N)=Cc1ccc(OC(=O)c2ccc(C(C)(C)C)cc2)c(OC)c1. The predicted molar refractivity (Wildman–Crippen MR) is 113 cm³/mol. The number of hydrogen-bond donors (Lipinski definition) is 0. The third kappa shape index (κ3) is 5.71. The molecule has 0 aliphatic rings. The lowest BCUT2D eigenvalue weighted by Gasteiger charge is -2.19. The van der Waals surface area contributed by atoms with Crippen LogP contribution < -0.4 is 9.47 Å². The van der Waals surface area contributed by atoms with Crippen LogP contribution in [0.4, 0.5) is 0 Å². The second-order valence-corrected chi connectivity index (χ2v) is 7.52. The Labute approximate surface area is 176 Å². The normalized spacial score (nSPS) is 11.4. The zero-order chi connectivity index (χ0) is 22.3. The van der Waals surface area contributed by atoms with Crippen LogP contribution in [0.25, 0.3) is 6.08 Å². The fourth-order valence-electron chi connectivity index (χ4n) is 2.64. The Morgan fingerprint density at radius 2 is 1.73 bits per heavy atom. The predicted octanol–water partition coefficient (Wildman–Crippen LogP) is 4.68. The van der Waals surface area contributed by atoms with Gasteiger partial charge < -0.3 is 14.2 Å². The van der Waals surface area contributed by atoms with E-state index < -0.39 is 11.9 Å². The van der Waals surface area contributed by atoms with Gasteiger partial charge in [0.15, 0.2) is 11.5 Å². The summed E-state index contributed by atoms with van der Waals surface area (Å²) in [7, 11) is 1.44. The van der Waals surface area contributed by atoms with E-state index in [1.807, 2.05) is 18.2 Å². The number of carbonyl (C=O) groups is 2. The largest absolute Gasteiger partial charge is 0.493 e. The van der Waals surface area contributed by atoms with Crippen molar-refractivity contribution in [3.63, 3.8) is 0 Å². The van der Waals surface area contributed by atoms with E-state index in [0.717, 1.165) is 5.56 Å². The first-order valence-corrected chi connectivity index (χ1v) is 9.49. The molecule has 6 nitrogen and oxygen atoms in total. The molecule has 0 atom stereocenters. The summed E-state index contributed by atoms with van der Waals surface area (Å²) in [5, 5.41) is 9.16. The van der Waals surface area contributed by atoms with Gasteiger partial charge in [0.1, 0.15) is 11.6 Å². The molecule has 0 spiro atoms. The Morgan fingerprint density at radius 1 is 1.07 bits per heavy atom. The van der Waals surface area contributed by atoms with E-state index in [-0.39, 0.29) is 23.3 Å². The summed E-state index contributed by atoms with van der Waals surface area (Å²) < 4.78 is 15.6. The molecular weight excluding hydrogens is 382 g/mol. The molecule has 0 saturated heterocycles. The van der Waals surface area contributed by atoms with Gasteiger partial charge in [0.25, 0.3) is 0 Å². The molecule has 2 aromatic carbocycles. The molecule has 30 heavy (non-hydrogen) atoms. The number of esters is 2. The molecule has 2 rings (SSSR count). The Morgan fingerprint density at radius 3 is 2.27 bits per heavy atom. The highest BCUT2D eigenvalue weighted by Gasteiger charge is 2.17. The molecule has 0 fully saturated rings. The van der Waals surface area contributed by atoms with E-state index in [2.05, 4.69) is 20.8 Å². The van der Waals surface area contributed by atoms with E-state index in [0.29, 0.717) is 16.9 Å². The van der Waals surface area contributed by atoms with Crippen LogP contribution in [0, 0.1) is 11.3 Å². The smallest absolute Gasteiger partial charge is 0.348 e. The number of nitriles is 1. The van der Waals surface area contributed by atoms with Gasteiger partial charge in [-0.25, -0.2) is 9.59 Å². The molecule has 0 radical (unpaired) electrons. The first kappa shape index (κ1) is 22.7. The third-order valence-electron chi connectivity index (χ3n) is 4.30. The highest BCUT2D eigenvalue weighted by molar-refractivity contribution is 5.98. The van der Waals surface area contributed by atoms with Crippen molar-refractivity contribution in [2.45, 2.75) is 33.1 Å². The summed E-state index contributed by atoms with van der Waals surface area (Å²) in [6, 6.07) is 13.8. The van der Waals surface area contributed by atoms with E-state index in [9.17, 15) is 9.59 Å². The molecule has 0 unspecified atom stereocenters. The van der Waals surface area contributed by atoms with Crippen molar-refractivity contribution < 1.29 is 23.8 Å². The highest BCUT2D eigenvalue weighted by atomic mass is 16.6. The number of nitrogens with zero attached hydrogens (tertiary/aromatic N) is 1. The summed E-state index contributed by atoms with van der Waals surface area (Å²) >= 11 is 0. The lowest BCUT2D eigenvalue weighted by molar-refractivity contribution is -0.137. The molecule has 156 valence electrons. The molecular formula is C24H25NO5. The molecule has 2 aromatic rings. The first-order chi connectivity index (χ1) is 14.2. The minimum atomic E-state index is -0.701. The summed E-state index contributed by atoms with van der Waals surface area (Å²) in [5.74, 6) is -0.687. The molecule has 0 bridgehead atoms. The van der Waals surface area contributed by atoms with Crippen LogP contribution in [0.2, 0.25) is 0 Å². The molecule has 0 N–H and O–H groups in total. The Kier molecular flexibility index (Phi) is 7.38. The van der Waals surface area contributed by atoms with Crippen molar-refractivity contribution in [1.29, 1.82) is 5.26 Å². The van der Waals surface area contributed by atoms with Gasteiger partial charge in [-0.05, 0) is 53.8 Å². The zero-order valence-electron chi connectivity index (χ0n) is 17.8. The number of carbonyl (C=O) groups excluding carboxylic acids is 2. The van der Waals surface area contributed by atoms with Gasteiger partial charge in [-0.1, -0.05) is 39.0 Å². The van der Waals surface area contributed by atoms with Crippen LogP contribution in [0.15, 0.2) is 48.0 Å². The number of benzene rings is 2. The van der Waals surface area contributed by atoms with Crippen LogP contribution in [-0.4, -0.2) is 25.7 Å². The Balaban J connectivity index is 2.24. The lowest BCUT2D eigenvalue weighted by atomic mass is 9.87. The summed E-state index contributed by atoms with van der Waals surface area (Å²) in [6.07, 6.45) is 1.39. The average Bonchev–Trinajstić information content (AvgIpc) is 2.72. The van der Waals surface area contributed by atoms with Gasteiger partial charge in [-0.3, -0.25) is 0 Å². The van der Waals surface area contributed by atoms with Crippen LogP contribution >= 0.6 is 0 Å². The van der Waals surface area contributed by atoms with E-state index in [1.54, 1.807) is 37.3 Å². The van der Waals surface area contributed by atoms with Gasteiger partial charge in [0.2, 0.25) is 0 Å². The fourth-order valence-corrected chi connectivity index (χ4v) is 2.64. The van der Waals surface area contributed by atoms with Crippen molar-refractivity contribution in [2.24, 2.45) is 0 Å². The van der Waals surface area contributed by atoms with Crippen molar-refractivity contribution in [3.8, 4) is 17.6 Å². The Hall–Kier alpha value is -3.59. The highest BCUT2D eigenvalue weighted by Crippen LogP contribution is 2.30. The molecule has 0 heterocycles. The van der Waals surface area contributed by atoms with Crippen molar-refractivity contribution >= 4 is 18.0 Å². The van der Waals surface area contributed by atoms with Gasteiger partial charge in [-0.2, -0.15) is 5.26 Å². The van der Waals surface area contributed by atoms with E-state index >= 15 is 0 Å². The van der Waals surface area contributed by atoms with Gasteiger partial charge >= 0.3 is 11.9 Å². The van der Waals surface area contributed by atoms with Crippen molar-refractivity contribution in [3.05, 3.63) is 64.7 Å². The van der Waals surface area contributed by atoms with Crippen LogP contribution in [0.3, 0.4) is 0 Å². The molecule has 0 aliphatic carbocycles. The van der Waals surface area contributed by atoms with Crippen LogP contribution in [0.5, 0.6) is 11.5 Å². The molecule has 0 aliphatic heterocycles. The maximum absolute atomic E-state index is 12.5. The van der Waals surface area contributed by atoms with Gasteiger partial charge in [0, 0.05) is 0 Å². The number of ether oxygens (including phenoxy) is 3. The maximum Gasteiger partial charge on any atom is 0.348 e. The van der Waals surface area contributed by atoms with Crippen LogP contribution in [0.1, 0.15) is 49.2 Å². The third-order valence-corrected chi connectivity index (χ3v) is 4.30. The second kappa shape index (κ2) is 9.75. The topological polar surface area (TPSA) is 85.6 Å². The van der Waals surface area contributed by atoms with E-state index in [4.69, 9.17) is 19.5 Å². The standard InChI is InChI=1S/C24H25NO5/c1-6-29-22(26)18(15-25)13-16-7-12-20(21(14-16)28-5)30-23(27)17-8-10-19(11-9-17)24(2,3)4/h7-14H,6H2,1-5H3. The van der Waals surface area contributed by atoms with Crippen molar-refractivity contribution in [2.75, 3.05) is 13.7 Å². The monoisotopic (exact) mass is 407 g/mol. The second-order valence-electron chi connectivity index (χ2n) is 7.52. The average molecular weight is 407 g/mol.